The second-order valence-corrected chi connectivity index (χ2v) is 8.07. The zero-order valence-corrected chi connectivity index (χ0v) is 17.4. The summed E-state index contributed by atoms with van der Waals surface area (Å²) in [5, 5.41) is 5.74. The summed E-state index contributed by atoms with van der Waals surface area (Å²) in [6, 6.07) is 1.76. The Bertz CT molecular complexity index is 913. The number of nitrogens with zero attached hydrogens (tertiary/aromatic N) is 4. The first-order valence-corrected chi connectivity index (χ1v) is 9.79. The topological polar surface area (TPSA) is 135 Å². The van der Waals surface area contributed by atoms with Crippen molar-refractivity contribution < 1.29 is 14.3 Å². The highest BCUT2D eigenvalue weighted by molar-refractivity contribution is 6.07. The molecule has 1 unspecified atom stereocenters. The van der Waals surface area contributed by atoms with E-state index in [4.69, 9.17) is 10.5 Å². The number of amides is 2. The summed E-state index contributed by atoms with van der Waals surface area (Å²) in [5.41, 5.74) is 6.59. The lowest BCUT2D eigenvalue weighted by Gasteiger charge is -2.35. The maximum absolute atomic E-state index is 12.6. The van der Waals surface area contributed by atoms with Crippen molar-refractivity contribution in [1.82, 2.24) is 20.3 Å². The smallest absolute Gasteiger partial charge is 0.407 e. The monoisotopic (exact) mass is 413 g/mol. The van der Waals surface area contributed by atoms with E-state index in [1.807, 2.05) is 26.8 Å². The van der Waals surface area contributed by atoms with Crippen LogP contribution in [0.4, 0.5) is 22.0 Å². The van der Waals surface area contributed by atoms with Gasteiger partial charge in [0.05, 0.1) is 17.6 Å². The Balaban J connectivity index is 1.71. The number of rotatable bonds is 4. The van der Waals surface area contributed by atoms with Crippen molar-refractivity contribution in [3.8, 4) is 0 Å². The molecule has 3 heterocycles. The van der Waals surface area contributed by atoms with E-state index in [1.54, 1.807) is 12.4 Å². The molecule has 1 aliphatic heterocycles. The average molecular weight is 413 g/mol. The van der Waals surface area contributed by atoms with Gasteiger partial charge in [-0.25, -0.2) is 14.8 Å². The second-order valence-electron chi connectivity index (χ2n) is 8.07. The van der Waals surface area contributed by atoms with Crippen molar-refractivity contribution >= 4 is 29.2 Å². The van der Waals surface area contributed by atoms with Gasteiger partial charge in [0.2, 0.25) is 0 Å². The number of nitrogens with one attached hydrogen (secondary N) is 2. The van der Waals surface area contributed by atoms with E-state index >= 15 is 0 Å². The number of ether oxygens (including phenoxy) is 1. The normalized spacial score (nSPS) is 16.6. The largest absolute Gasteiger partial charge is 0.444 e. The molecule has 30 heavy (non-hydrogen) atoms. The molecule has 2 amide bonds. The van der Waals surface area contributed by atoms with Gasteiger partial charge in [0.25, 0.3) is 5.91 Å². The maximum Gasteiger partial charge on any atom is 0.407 e. The van der Waals surface area contributed by atoms with Crippen LogP contribution >= 0.6 is 0 Å². The molecular formula is C20H27N7O3. The standard InChI is InChI=1S/C20H27N7O3/c1-20(2,3)30-19(29)25-13-5-4-10-27(12-13)15-6-7-22-11-14(15)26-18(28)16-17(21)24-9-8-23-16/h6-9,11,13H,4-5,10,12H2,1-3H3,(H2,21,24)(H,25,29)(H,26,28). The molecule has 1 saturated heterocycles. The summed E-state index contributed by atoms with van der Waals surface area (Å²) >= 11 is 0. The van der Waals surface area contributed by atoms with E-state index in [1.165, 1.54) is 12.4 Å². The number of carbonyl (C=O) groups excluding carboxylic acids is 2. The third-order valence-electron chi connectivity index (χ3n) is 4.47. The van der Waals surface area contributed by atoms with Gasteiger partial charge in [-0.2, -0.15) is 0 Å². The zero-order valence-electron chi connectivity index (χ0n) is 17.4. The molecular weight excluding hydrogens is 386 g/mol. The molecule has 0 aromatic carbocycles. The summed E-state index contributed by atoms with van der Waals surface area (Å²) in [5.74, 6) is -0.407. The number of carbonyl (C=O) groups is 2. The minimum Gasteiger partial charge on any atom is -0.444 e. The quantitative estimate of drug-likeness (QED) is 0.694. The third-order valence-corrected chi connectivity index (χ3v) is 4.47. The molecule has 1 atom stereocenters. The molecule has 160 valence electrons. The number of nitrogens with two attached hydrogens (primary N) is 1. The number of anilines is 3. The average Bonchev–Trinajstić information content (AvgIpc) is 2.67. The van der Waals surface area contributed by atoms with Crippen LogP contribution in [0.3, 0.4) is 0 Å². The van der Waals surface area contributed by atoms with E-state index in [0.717, 1.165) is 25.1 Å². The highest BCUT2D eigenvalue weighted by atomic mass is 16.6. The van der Waals surface area contributed by atoms with Crippen LogP contribution in [-0.4, -0.2) is 51.7 Å². The first-order valence-electron chi connectivity index (χ1n) is 9.79. The molecule has 2 aromatic rings. The fourth-order valence-corrected chi connectivity index (χ4v) is 3.25. The SMILES string of the molecule is CC(C)(C)OC(=O)NC1CCCN(c2ccncc2NC(=O)c2nccnc2N)C1. The van der Waals surface area contributed by atoms with Crippen molar-refractivity contribution in [2.24, 2.45) is 0 Å². The highest BCUT2D eigenvalue weighted by Gasteiger charge is 2.26. The number of piperidine rings is 1. The van der Waals surface area contributed by atoms with Gasteiger partial charge >= 0.3 is 6.09 Å². The lowest BCUT2D eigenvalue weighted by atomic mass is 10.0. The van der Waals surface area contributed by atoms with E-state index in [0.29, 0.717) is 12.2 Å². The van der Waals surface area contributed by atoms with E-state index in [9.17, 15) is 9.59 Å². The van der Waals surface area contributed by atoms with Gasteiger partial charge in [-0.15, -0.1) is 0 Å². The van der Waals surface area contributed by atoms with Gasteiger partial charge in [-0.3, -0.25) is 9.78 Å². The van der Waals surface area contributed by atoms with Gasteiger partial charge in [0.15, 0.2) is 11.5 Å². The summed E-state index contributed by atoms with van der Waals surface area (Å²) in [6.07, 6.45) is 7.36. The van der Waals surface area contributed by atoms with Crippen molar-refractivity contribution in [3.63, 3.8) is 0 Å². The molecule has 0 aliphatic carbocycles. The molecule has 2 aromatic heterocycles. The lowest BCUT2D eigenvalue weighted by Crippen LogP contribution is -2.49. The predicted octanol–water partition coefficient (Wildman–Crippen LogP) is 2.20. The molecule has 10 nitrogen and oxygen atoms in total. The number of nitrogen functional groups attached to an aromatic ring is 1. The van der Waals surface area contributed by atoms with Crippen molar-refractivity contribution in [2.45, 2.75) is 45.3 Å². The number of pyridine rings is 1. The Kier molecular flexibility index (Phi) is 6.34. The van der Waals surface area contributed by atoms with Crippen LogP contribution < -0.4 is 21.3 Å². The molecule has 0 spiro atoms. The minimum absolute atomic E-state index is 0.0513. The van der Waals surface area contributed by atoms with Crippen molar-refractivity contribution in [2.75, 3.05) is 29.0 Å². The van der Waals surface area contributed by atoms with Gasteiger partial charge < -0.3 is 26.0 Å². The van der Waals surface area contributed by atoms with Crippen LogP contribution in [0.5, 0.6) is 0 Å². The fraction of sp³-hybridized carbons (Fsp3) is 0.450. The lowest BCUT2D eigenvalue weighted by molar-refractivity contribution is 0.0500. The number of hydrogen-bond donors (Lipinski definition) is 3. The van der Waals surface area contributed by atoms with E-state index in [-0.39, 0.29) is 17.6 Å². The Hall–Kier alpha value is -3.43. The summed E-state index contributed by atoms with van der Waals surface area (Å²) in [7, 11) is 0. The van der Waals surface area contributed by atoms with Crippen LogP contribution in [0.2, 0.25) is 0 Å². The number of aromatic nitrogens is 3. The van der Waals surface area contributed by atoms with Crippen LogP contribution in [0.15, 0.2) is 30.9 Å². The van der Waals surface area contributed by atoms with Crippen molar-refractivity contribution in [3.05, 3.63) is 36.5 Å². The molecule has 0 radical (unpaired) electrons. The Morgan fingerprint density at radius 2 is 2.00 bits per heavy atom. The summed E-state index contributed by atoms with van der Waals surface area (Å²) in [4.78, 5) is 38.8. The minimum atomic E-state index is -0.552. The van der Waals surface area contributed by atoms with Crippen LogP contribution in [-0.2, 0) is 4.74 Å². The van der Waals surface area contributed by atoms with E-state index in [2.05, 4.69) is 30.5 Å². The maximum atomic E-state index is 12.6. The Labute approximate surface area is 175 Å². The molecule has 3 rings (SSSR count). The van der Waals surface area contributed by atoms with Crippen LogP contribution in [0.25, 0.3) is 0 Å². The highest BCUT2D eigenvalue weighted by Crippen LogP contribution is 2.28. The van der Waals surface area contributed by atoms with Crippen LogP contribution in [0.1, 0.15) is 44.1 Å². The zero-order chi connectivity index (χ0) is 21.7. The molecule has 1 aliphatic rings. The van der Waals surface area contributed by atoms with Gasteiger partial charge in [-0.1, -0.05) is 0 Å². The number of hydrogen-bond acceptors (Lipinski definition) is 8. The molecule has 4 N–H and O–H groups in total. The Morgan fingerprint density at radius 3 is 2.73 bits per heavy atom. The van der Waals surface area contributed by atoms with Crippen molar-refractivity contribution in [1.29, 1.82) is 0 Å². The molecule has 10 heteroatoms. The summed E-state index contributed by atoms with van der Waals surface area (Å²) in [6.45, 7) is 6.85. The molecule has 1 fully saturated rings. The second kappa shape index (κ2) is 8.93. The van der Waals surface area contributed by atoms with Gasteiger partial charge in [0.1, 0.15) is 5.60 Å². The first kappa shape index (κ1) is 21.3. The van der Waals surface area contributed by atoms with Gasteiger partial charge in [-0.05, 0) is 39.7 Å². The molecule has 0 bridgehead atoms. The summed E-state index contributed by atoms with van der Waals surface area (Å²) < 4.78 is 5.36. The molecule has 0 saturated carbocycles. The first-order chi connectivity index (χ1) is 14.2. The predicted molar refractivity (Wildman–Crippen MR) is 113 cm³/mol. The third kappa shape index (κ3) is 5.56. The Morgan fingerprint density at radius 1 is 1.23 bits per heavy atom. The van der Waals surface area contributed by atoms with Crippen LogP contribution in [0, 0.1) is 0 Å². The van der Waals surface area contributed by atoms with E-state index < -0.39 is 17.6 Å². The van der Waals surface area contributed by atoms with Gasteiger partial charge in [0, 0.05) is 37.7 Å². The fourth-order valence-electron chi connectivity index (χ4n) is 3.25. The number of alkyl carbamates (subject to hydrolysis) is 1.